The van der Waals surface area contributed by atoms with Crippen molar-refractivity contribution >= 4 is 47.4 Å². The van der Waals surface area contributed by atoms with E-state index in [0.717, 1.165) is 23.1 Å². The summed E-state index contributed by atoms with van der Waals surface area (Å²) in [7, 11) is 0. The maximum absolute atomic E-state index is 13.4. The number of pyridine rings is 1. The summed E-state index contributed by atoms with van der Waals surface area (Å²) < 4.78 is 0.640. The molecule has 1 aromatic heterocycles. The largest absolute Gasteiger partial charge is 0.502 e. The number of aromatic hydroxyl groups is 1. The van der Waals surface area contributed by atoms with Crippen molar-refractivity contribution in [2.75, 3.05) is 18.0 Å². The fourth-order valence-electron chi connectivity index (χ4n) is 3.88. The van der Waals surface area contributed by atoms with E-state index in [1.807, 2.05) is 0 Å². The molecule has 208 valence electrons. The van der Waals surface area contributed by atoms with Crippen molar-refractivity contribution in [3.8, 4) is 11.6 Å². The molecule has 1 heterocycles. The van der Waals surface area contributed by atoms with Gasteiger partial charge >= 0.3 is 23.9 Å². The van der Waals surface area contributed by atoms with E-state index in [1.165, 1.54) is 31.2 Å². The topological polar surface area (TPSA) is 199 Å². The lowest BCUT2D eigenvalue weighted by atomic mass is 10.1. The van der Waals surface area contributed by atoms with Crippen molar-refractivity contribution < 1.29 is 44.7 Å². The predicted molar refractivity (Wildman–Crippen MR) is 145 cm³/mol. The van der Waals surface area contributed by atoms with Crippen LogP contribution in [0.1, 0.15) is 37.4 Å². The van der Waals surface area contributed by atoms with Crippen LogP contribution in [-0.2, 0) is 9.59 Å². The van der Waals surface area contributed by atoms with Gasteiger partial charge in [0, 0.05) is 11.3 Å². The zero-order valence-electron chi connectivity index (χ0n) is 21.2. The second-order valence-corrected chi connectivity index (χ2v) is 8.53. The van der Waals surface area contributed by atoms with E-state index in [4.69, 9.17) is 16.8 Å². The van der Waals surface area contributed by atoms with Gasteiger partial charge in [-0.2, -0.15) is 0 Å². The second-order valence-electron chi connectivity index (χ2n) is 8.53. The van der Waals surface area contributed by atoms with Gasteiger partial charge in [-0.25, -0.2) is 14.4 Å². The standard InChI is InChI=1S/C28H21N3O10/c1-15-21(5-3-4-16-6-8-19(9-7-16)30(13-22(32)33)14-23(34)35)25(36)31(26(37)24(15)29-2)20-11-17(27(38)39)10-18(12-20)28(40)41/h4-12,37H,13-14H2,1H3,(H,32,33)(H,34,35)(H,38,39)(H,40,41). The molecule has 13 heteroatoms. The molecule has 0 radical (unpaired) electrons. The fraction of sp³-hybridized carbons (Fsp3) is 0.107. The van der Waals surface area contributed by atoms with E-state index < -0.39 is 59.5 Å². The molecule has 5 N–H and O–H groups in total. The Morgan fingerprint density at radius 2 is 1.46 bits per heavy atom. The van der Waals surface area contributed by atoms with E-state index in [1.54, 1.807) is 12.1 Å². The zero-order valence-corrected chi connectivity index (χ0v) is 21.2. The Morgan fingerprint density at radius 3 is 1.93 bits per heavy atom. The minimum absolute atomic E-state index is 0.0895. The number of rotatable bonds is 10. The molecular formula is C28H21N3O10. The van der Waals surface area contributed by atoms with E-state index >= 15 is 0 Å². The molecule has 0 amide bonds. The lowest BCUT2D eigenvalue weighted by molar-refractivity contribution is -0.136. The molecule has 13 nitrogen and oxygen atoms in total. The average Bonchev–Trinajstić information content (AvgIpc) is 2.90. The highest BCUT2D eigenvalue weighted by atomic mass is 16.4. The highest BCUT2D eigenvalue weighted by Crippen LogP contribution is 2.33. The minimum Gasteiger partial charge on any atom is -0.502 e. The van der Waals surface area contributed by atoms with Gasteiger partial charge in [0.1, 0.15) is 13.1 Å². The van der Waals surface area contributed by atoms with E-state index in [0.29, 0.717) is 15.8 Å². The van der Waals surface area contributed by atoms with Crippen LogP contribution in [0.15, 0.2) is 53.0 Å². The van der Waals surface area contributed by atoms with Gasteiger partial charge in [0.25, 0.3) is 5.56 Å². The van der Waals surface area contributed by atoms with Crippen molar-refractivity contribution in [3.63, 3.8) is 0 Å². The van der Waals surface area contributed by atoms with Crippen LogP contribution in [0.3, 0.4) is 0 Å². The fourth-order valence-corrected chi connectivity index (χ4v) is 3.88. The quantitative estimate of drug-likeness (QED) is 0.181. The summed E-state index contributed by atoms with van der Waals surface area (Å²) in [5.74, 6) is -6.16. The Hall–Kier alpha value is -6.12. The van der Waals surface area contributed by atoms with Crippen LogP contribution < -0.4 is 10.5 Å². The lowest BCUT2D eigenvalue weighted by Gasteiger charge is -2.20. The molecule has 3 rings (SSSR count). The third-order valence-electron chi connectivity index (χ3n) is 5.79. The summed E-state index contributed by atoms with van der Waals surface area (Å²) in [6, 6.07) is 8.99. The Kier molecular flexibility index (Phi) is 8.73. The Balaban J connectivity index is 2.10. The molecule has 0 unspecified atom stereocenters. The summed E-state index contributed by atoms with van der Waals surface area (Å²) >= 11 is 0. The molecule has 0 spiro atoms. The van der Waals surface area contributed by atoms with E-state index in [-0.39, 0.29) is 22.5 Å². The number of carboxylic acid groups (broad SMARTS) is 4. The van der Waals surface area contributed by atoms with Gasteiger partial charge in [0.2, 0.25) is 11.6 Å². The highest BCUT2D eigenvalue weighted by molar-refractivity contribution is 5.95. The van der Waals surface area contributed by atoms with E-state index in [2.05, 4.69) is 10.6 Å². The number of anilines is 1. The first-order valence-corrected chi connectivity index (χ1v) is 11.5. The average molecular weight is 559 g/mol. The number of carbonyl (C=O) groups is 4. The molecule has 0 fully saturated rings. The Labute approximate surface area is 231 Å². The Bertz CT molecular complexity index is 1690. The Morgan fingerprint density at radius 1 is 0.927 bits per heavy atom. The molecule has 0 atom stereocenters. The van der Waals surface area contributed by atoms with Gasteiger partial charge in [-0.3, -0.25) is 19.0 Å². The molecule has 0 bridgehead atoms. The smallest absolute Gasteiger partial charge is 0.335 e. The van der Waals surface area contributed by atoms with Gasteiger partial charge in [0.05, 0.1) is 23.4 Å². The van der Waals surface area contributed by atoms with Crippen LogP contribution in [-0.4, -0.2) is 67.1 Å². The summed E-state index contributed by atoms with van der Waals surface area (Å²) in [6.07, 6.45) is 2.68. The van der Waals surface area contributed by atoms with Crippen LogP contribution in [0.5, 0.6) is 5.88 Å². The van der Waals surface area contributed by atoms with Gasteiger partial charge < -0.3 is 30.4 Å². The van der Waals surface area contributed by atoms with Crippen LogP contribution in [0.2, 0.25) is 0 Å². The van der Waals surface area contributed by atoms with Gasteiger partial charge in [-0.15, -0.1) is 5.73 Å². The van der Waals surface area contributed by atoms with Crippen LogP contribution >= 0.6 is 0 Å². The summed E-state index contributed by atoms with van der Waals surface area (Å²) in [4.78, 5) is 63.0. The number of carboxylic acids is 4. The van der Waals surface area contributed by atoms with Crippen molar-refractivity contribution in [1.82, 2.24) is 4.57 Å². The second kappa shape index (κ2) is 12.2. The molecular weight excluding hydrogens is 538 g/mol. The van der Waals surface area contributed by atoms with Crippen LogP contribution in [0, 0.1) is 13.5 Å². The normalized spacial score (nSPS) is 10.1. The van der Waals surface area contributed by atoms with Gasteiger partial charge in [-0.05, 0) is 60.5 Å². The number of nitrogens with zero attached hydrogens (tertiary/aromatic N) is 3. The van der Waals surface area contributed by atoms with Crippen molar-refractivity contribution in [2.24, 2.45) is 0 Å². The molecule has 41 heavy (non-hydrogen) atoms. The number of benzene rings is 2. The third-order valence-corrected chi connectivity index (χ3v) is 5.79. The predicted octanol–water partition coefficient (Wildman–Crippen LogP) is 3.10. The number of hydrogen-bond donors (Lipinski definition) is 5. The molecule has 0 saturated carbocycles. The first-order chi connectivity index (χ1) is 19.3. The number of aromatic nitrogens is 1. The maximum atomic E-state index is 13.4. The number of aliphatic carboxylic acids is 2. The lowest BCUT2D eigenvalue weighted by Crippen LogP contribution is -2.34. The molecule has 0 saturated heterocycles. The third kappa shape index (κ3) is 6.66. The monoisotopic (exact) mass is 559 g/mol. The summed E-state index contributed by atoms with van der Waals surface area (Å²) in [5, 5.41) is 47.5. The number of hydrogen-bond acceptors (Lipinski definition) is 7. The molecule has 2 aromatic carbocycles. The molecule has 0 aliphatic carbocycles. The highest BCUT2D eigenvalue weighted by Gasteiger charge is 2.21. The molecule has 0 aliphatic heterocycles. The van der Waals surface area contributed by atoms with Gasteiger partial charge in [0.15, 0.2) is 0 Å². The minimum atomic E-state index is -1.47. The van der Waals surface area contributed by atoms with Gasteiger partial charge in [-0.1, -0.05) is 12.1 Å². The van der Waals surface area contributed by atoms with Crippen molar-refractivity contribution in [2.45, 2.75) is 6.92 Å². The zero-order chi connectivity index (χ0) is 30.4. The van der Waals surface area contributed by atoms with E-state index in [9.17, 15) is 39.3 Å². The maximum Gasteiger partial charge on any atom is 0.335 e. The van der Waals surface area contributed by atoms with Crippen LogP contribution in [0.25, 0.3) is 22.7 Å². The van der Waals surface area contributed by atoms with Crippen LogP contribution in [0.4, 0.5) is 11.4 Å². The molecule has 0 aliphatic rings. The SMILES string of the molecule is [C-]#[N+]c1c(C)c(C=C=Cc2ccc(N(CC(=O)O)CC(=O)O)cc2)c(=O)n(-c2cc(C(=O)O)cc(C(=O)O)c2)c1O. The first-order valence-electron chi connectivity index (χ1n) is 11.5. The first kappa shape index (κ1) is 29.4. The summed E-state index contributed by atoms with van der Waals surface area (Å²) in [6.45, 7) is 7.82. The number of aromatic carboxylic acids is 2. The molecule has 3 aromatic rings. The van der Waals surface area contributed by atoms with Crippen molar-refractivity contribution in [1.29, 1.82) is 0 Å². The summed E-state index contributed by atoms with van der Waals surface area (Å²) in [5.41, 5.74) is 1.29. The van der Waals surface area contributed by atoms with Crippen molar-refractivity contribution in [3.05, 3.63) is 97.8 Å².